The quantitative estimate of drug-likeness (QED) is 0.645. The van der Waals surface area contributed by atoms with Gasteiger partial charge in [0.05, 0.1) is 10.9 Å². The van der Waals surface area contributed by atoms with Gasteiger partial charge in [0.15, 0.2) is 4.77 Å². The lowest BCUT2D eigenvalue weighted by Crippen LogP contribution is -2.22. The second kappa shape index (κ2) is 5.79. The number of nitrogens with two attached hydrogens (primary N) is 1. The molecule has 0 aliphatic rings. The fraction of sp³-hybridized carbons (Fsp3) is 0.308. The highest BCUT2D eigenvalue weighted by Crippen LogP contribution is 2.06. The Morgan fingerprint density at radius 2 is 2.05 bits per heavy atom. The molecule has 6 heteroatoms. The number of benzene rings is 1. The van der Waals surface area contributed by atoms with Gasteiger partial charge in [-0.1, -0.05) is 12.1 Å². The van der Waals surface area contributed by atoms with Gasteiger partial charge in [-0.25, -0.2) is 0 Å². The van der Waals surface area contributed by atoms with E-state index in [1.165, 1.54) is 4.57 Å². The predicted molar refractivity (Wildman–Crippen MR) is 76.4 cm³/mol. The Labute approximate surface area is 115 Å². The van der Waals surface area contributed by atoms with Crippen molar-refractivity contribution in [3.8, 4) is 0 Å². The Bertz CT molecular complexity index is 718. The first kappa shape index (κ1) is 13.5. The van der Waals surface area contributed by atoms with E-state index in [-0.39, 0.29) is 11.5 Å². The molecule has 0 atom stereocenters. The second-order valence-corrected chi connectivity index (χ2v) is 4.74. The fourth-order valence-corrected chi connectivity index (χ4v) is 2.26. The van der Waals surface area contributed by atoms with Crippen molar-refractivity contribution >= 4 is 29.0 Å². The van der Waals surface area contributed by atoms with Crippen molar-refractivity contribution in [1.29, 1.82) is 0 Å². The minimum absolute atomic E-state index is 0.0987. The molecule has 0 saturated heterocycles. The molecular formula is C13H15N3O2S. The number of aromatic amines is 1. The number of nitrogens with zero attached hydrogens (tertiary/aromatic N) is 1. The van der Waals surface area contributed by atoms with Crippen LogP contribution >= 0.6 is 12.2 Å². The Kier molecular flexibility index (Phi) is 4.11. The van der Waals surface area contributed by atoms with Crippen LogP contribution in [-0.4, -0.2) is 15.5 Å². The minimum Gasteiger partial charge on any atom is -0.370 e. The van der Waals surface area contributed by atoms with E-state index < -0.39 is 0 Å². The zero-order chi connectivity index (χ0) is 13.8. The summed E-state index contributed by atoms with van der Waals surface area (Å²) in [6.07, 6.45) is 1.68. The zero-order valence-corrected chi connectivity index (χ0v) is 11.2. The molecule has 0 radical (unpaired) electrons. The van der Waals surface area contributed by atoms with Gasteiger partial charge in [0.1, 0.15) is 0 Å². The molecule has 1 heterocycles. The number of H-pyrrole nitrogens is 1. The molecule has 1 aromatic carbocycles. The number of amides is 1. The third-order valence-corrected chi connectivity index (χ3v) is 3.27. The summed E-state index contributed by atoms with van der Waals surface area (Å²) in [6, 6.07) is 7.26. The van der Waals surface area contributed by atoms with Gasteiger partial charge >= 0.3 is 0 Å². The van der Waals surface area contributed by atoms with Gasteiger partial charge in [0.25, 0.3) is 5.56 Å². The summed E-state index contributed by atoms with van der Waals surface area (Å²) in [5.41, 5.74) is 5.71. The van der Waals surface area contributed by atoms with Crippen molar-refractivity contribution in [3.63, 3.8) is 0 Å². The monoisotopic (exact) mass is 277 g/mol. The Morgan fingerprint density at radius 3 is 2.79 bits per heavy atom. The van der Waals surface area contributed by atoms with Gasteiger partial charge in [-0.2, -0.15) is 0 Å². The molecule has 0 aliphatic carbocycles. The number of carbonyl (C=O) groups excluding carboxylic acids is 1. The summed E-state index contributed by atoms with van der Waals surface area (Å²) < 4.78 is 1.93. The van der Waals surface area contributed by atoms with Gasteiger partial charge in [0.2, 0.25) is 5.91 Å². The molecule has 2 rings (SSSR count). The van der Waals surface area contributed by atoms with Crippen LogP contribution in [0.5, 0.6) is 0 Å². The SMILES string of the molecule is NC(=O)CCCCn1c(=S)[nH]c2ccccc2c1=O. The van der Waals surface area contributed by atoms with Crippen LogP contribution in [-0.2, 0) is 11.3 Å². The number of unbranched alkanes of at least 4 members (excludes halogenated alkanes) is 1. The Balaban J connectivity index is 2.26. The molecule has 19 heavy (non-hydrogen) atoms. The third kappa shape index (κ3) is 3.08. The summed E-state index contributed by atoms with van der Waals surface area (Å²) in [4.78, 5) is 25.9. The lowest BCUT2D eigenvalue weighted by Gasteiger charge is -2.07. The number of hydrogen-bond donors (Lipinski definition) is 2. The summed E-state index contributed by atoms with van der Waals surface area (Å²) >= 11 is 5.18. The van der Waals surface area contributed by atoms with Crippen molar-refractivity contribution in [3.05, 3.63) is 39.4 Å². The highest BCUT2D eigenvalue weighted by atomic mass is 32.1. The number of rotatable bonds is 5. The number of primary amides is 1. The van der Waals surface area contributed by atoms with Gasteiger partial charge in [-0.15, -0.1) is 0 Å². The summed E-state index contributed by atoms with van der Waals surface area (Å²) in [7, 11) is 0. The second-order valence-electron chi connectivity index (χ2n) is 4.36. The molecule has 5 nitrogen and oxygen atoms in total. The topological polar surface area (TPSA) is 80.9 Å². The molecule has 1 amide bonds. The largest absolute Gasteiger partial charge is 0.370 e. The lowest BCUT2D eigenvalue weighted by atomic mass is 10.2. The molecule has 0 aliphatic heterocycles. The molecule has 0 spiro atoms. The number of aromatic nitrogens is 2. The maximum absolute atomic E-state index is 12.3. The maximum Gasteiger partial charge on any atom is 0.262 e. The first-order valence-corrected chi connectivity index (χ1v) is 6.50. The van der Waals surface area contributed by atoms with Crippen molar-refractivity contribution < 1.29 is 4.79 Å². The van der Waals surface area contributed by atoms with Gasteiger partial charge in [-0.3, -0.25) is 14.2 Å². The van der Waals surface area contributed by atoms with E-state index in [0.717, 1.165) is 5.52 Å². The van der Waals surface area contributed by atoms with Crippen LogP contribution in [0, 0.1) is 4.77 Å². The summed E-state index contributed by atoms with van der Waals surface area (Å²) in [5, 5.41) is 0.617. The fourth-order valence-electron chi connectivity index (χ4n) is 1.97. The van der Waals surface area contributed by atoms with E-state index in [1.54, 1.807) is 6.07 Å². The van der Waals surface area contributed by atoms with E-state index in [4.69, 9.17) is 18.0 Å². The molecule has 0 saturated carbocycles. The molecule has 0 fully saturated rings. The Hall–Kier alpha value is -1.95. The molecule has 1 aromatic heterocycles. The average Bonchev–Trinajstić information content (AvgIpc) is 2.37. The highest BCUT2D eigenvalue weighted by Gasteiger charge is 2.04. The van der Waals surface area contributed by atoms with Crippen molar-refractivity contribution in [2.24, 2.45) is 5.73 Å². The van der Waals surface area contributed by atoms with Crippen molar-refractivity contribution in [1.82, 2.24) is 9.55 Å². The van der Waals surface area contributed by atoms with Gasteiger partial charge in [-0.05, 0) is 37.2 Å². The third-order valence-electron chi connectivity index (χ3n) is 2.94. The van der Waals surface area contributed by atoms with Crippen LogP contribution in [0.4, 0.5) is 0 Å². The van der Waals surface area contributed by atoms with Crippen LogP contribution in [0.15, 0.2) is 29.1 Å². The molecular weight excluding hydrogens is 262 g/mol. The van der Waals surface area contributed by atoms with E-state index >= 15 is 0 Å². The van der Waals surface area contributed by atoms with Crippen LogP contribution in [0.2, 0.25) is 0 Å². The first-order valence-electron chi connectivity index (χ1n) is 6.10. The van der Waals surface area contributed by atoms with E-state index in [1.807, 2.05) is 18.2 Å². The number of nitrogens with one attached hydrogen (secondary N) is 1. The number of carbonyl (C=O) groups is 1. The van der Waals surface area contributed by atoms with Crippen LogP contribution < -0.4 is 11.3 Å². The zero-order valence-electron chi connectivity index (χ0n) is 10.4. The molecule has 3 N–H and O–H groups in total. The van der Waals surface area contributed by atoms with E-state index in [0.29, 0.717) is 36.0 Å². The normalized spacial score (nSPS) is 10.7. The van der Waals surface area contributed by atoms with E-state index in [2.05, 4.69) is 4.98 Å². The van der Waals surface area contributed by atoms with Crippen LogP contribution in [0.3, 0.4) is 0 Å². The number of para-hydroxylation sites is 1. The lowest BCUT2D eigenvalue weighted by molar-refractivity contribution is -0.118. The van der Waals surface area contributed by atoms with Crippen LogP contribution in [0.25, 0.3) is 10.9 Å². The van der Waals surface area contributed by atoms with Crippen LogP contribution in [0.1, 0.15) is 19.3 Å². The summed E-state index contributed by atoms with van der Waals surface area (Å²) in [6.45, 7) is 0.492. The molecule has 100 valence electrons. The Morgan fingerprint density at radius 1 is 1.32 bits per heavy atom. The predicted octanol–water partition coefficient (Wildman–Crippen LogP) is 1.71. The summed E-state index contributed by atoms with van der Waals surface area (Å²) in [5.74, 6) is -0.323. The standard InChI is InChI=1S/C13H15N3O2S/c14-11(17)7-3-4-8-16-12(18)9-5-1-2-6-10(9)15-13(16)19/h1-2,5-6H,3-4,7-8H2,(H2,14,17)(H,15,19). The number of fused-ring (bicyclic) bond motifs is 1. The maximum atomic E-state index is 12.3. The van der Waals surface area contributed by atoms with Gasteiger partial charge in [0, 0.05) is 13.0 Å². The molecule has 0 unspecified atom stereocenters. The molecule has 0 bridgehead atoms. The average molecular weight is 277 g/mol. The van der Waals surface area contributed by atoms with Crippen molar-refractivity contribution in [2.75, 3.05) is 0 Å². The van der Waals surface area contributed by atoms with E-state index in [9.17, 15) is 9.59 Å². The smallest absolute Gasteiger partial charge is 0.262 e. The van der Waals surface area contributed by atoms with Crippen molar-refractivity contribution in [2.45, 2.75) is 25.8 Å². The number of hydrogen-bond acceptors (Lipinski definition) is 3. The minimum atomic E-state index is -0.323. The highest BCUT2D eigenvalue weighted by molar-refractivity contribution is 7.71. The first-order chi connectivity index (χ1) is 9.09. The molecule has 2 aromatic rings. The van der Waals surface area contributed by atoms with Gasteiger partial charge < -0.3 is 10.7 Å².